The van der Waals surface area contributed by atoms with Crippen molar-refractivity contribution < 1.29 is 33.8 Å². The van der Waals surface area contributed by atoms with E-state index in [0.717, 1.165) is 30.4 Å². The first-order valence-corrected chi connectivity index (χ1v) is 10.7. The third kappa shape index (κ3) is 5.26. The Labute approximate surface area is 217 Å². The number of carbonyl (C=O) groups is 1. The van der Waals surface area contributed by atoms with E-state index < -0.39 is 26.9 Å². The van der Waals surface area contributed by atoms with Crippen molar-refractivity contribution in [3.05, 3.63) is 28.8 Å². The summed E-state index contributed by atoms with van der Waals surface area (Å²) in [6.07, 6.45) is 3.52. The molecule has 1 saturated carbocycles. The number of carboxylic acid groups (broad SMARTS) is 1. The minimum atomic E-state index is -4.60. The topological polar surface area (TPSA) is 154 Å². The standard InChI is InChI=1S/C20H28O5S.2Bi.2O/c1-12(2)14-10-13-6-7-17-19(3,8-5-9-20(17,4)18(21)22)15(13)11-16(14)26(23,24)25;;;;/h10-12,17H,5-9H2,1-4H3,(H,21,22)(H,23,24,25);;;;/q;2*+3;2*-2/p-2. The molecular formula is C20H26Bi2O7S. The Kier molecular flexibility index (Phi) is 11.8. The van der Waals surface area contributed by atoms with Gasteiger partial charge >= 0.3 is 52.4 Å². The Morgan fingerprint density at radius 1 is 1.13 bits per heavy atom. The maximum atomic E-state index is 11.9. The van der Waals surface area contributed by atoms with Crippen molar-refractivity contribution in [1.82, 2.24) is 0 Å². The molecule has 2 aliphatic carbocycles. The molecule has 0 amide bonds. The molecule has 7 nitrogen and oxygen atoms in total. The van der Waals surface area contributed by atoms with E-state index in [2.05, 4.69) is 0 Å². The van der Waals surface area contributed by atoms with Crippen LogP contribution < -0.4 is 5.11 Å². The SMILES string of the molecule is CC(C)c1cc2c(cc1S(=O)(=O)[O-])C1(C)CCCC(C)(C(=O)[O-])C1CC2.[Bi+3].[Bi+3].[O-2].[O-2]. The van der Waals surface area contributed by atoms with Gasteiger partial charge < -0.3 is 25.4 Å². The van der Waals surface area contributed by atoms with Crippen LogP contribution in [0.25, 0.3) is 0 Å². The first-order valence-electron chi connectivity index (χ1n) is 9.26. The van der Waals surface area contributed by atoms with E-state index in [1.807, 2.05) is 26.8 Å². The molecule has 2 aliphatic rings. The molecule has 1 aromatic rings. The van der Waals surface area contributed by atoms with Gasteiger partial charge in [0.1, 0.15) is 10.1 Å². The smallest absolute Gasteiger partial charge is 2.00 e. The van der Waals surface area contributed by atoms with Gasteiger partial charge in [0.2, 0.25) is 0 Å². The zero-order valence-corrected chi connectivity index (χ0v) is 25.3. The molecule has 164 valence electrons. The molecule has 3 unspecified atom stereocenters. The van der Waals surface area contributed by atoms with Gasteiger partial charge in [0.15, 0.2) is 0 Å². The van der Waals surface area contributed by atoms with Gasteiger partial charge in [-0.3, -0.25) is 0 Å². The summed E-state index contributed by atoms with van der Waals surface area (Å²) in [6, 6.07) is 3.40. The largest absolute Gasteiger partial charge is 3.00 e. The molecule has 3 rings (SSSR count). The second-order valence-electron chi connectivity index (χ2n) is 8.72. The zero-order valence-electron chi connectivity index (χ0n) is 17.5. The van der Waals surface area contributed by atoms with E-state index in [1.165, 1.54) is 0 Å². The Balaban J connectivity index is 0. The monoisotopic (exact) mass is 828 g/mol. The fourth-order valence-electron chi connectivity index (χ4n) is 5.43. The molecule has 30 heavy (non-hydrogen) atoms. The molecule has 4 radical (unpaired) electrons. The molecule has 0 aliphatic heterocycles. The molecule has 10 heteroatoms. The van der Waals surface area contributed by atoms with Crippen LogP contribution in [0.4, 0.5) is 0 Å². The Hall–Kier alpha value is 0.286. The Morgan fingerprint density at radius 2 is 1.70 bits per heavy atom. The van der Waals surface area contributed by atoms with Crippen LogP contribution >= 0.6 is 0 Å². The molecular weight excluding hydrogens is 802 g/mol. The predicted octanol–water partition coefficient (Wildman–Crippen LogP) is 1.48. The molecule has 1 fully saturated rings. The number of rotatable bonds is 3. The fraction of sp³-hybridized carbons (Fsp3) is 0.650. The number of carboxylic acids is 1. The molecule has 3 atom stereocenters. The molecule has 0 heterocycles. The van der Waals surface area contributed by atoms with Gasteiger partial charge in [-0.15, -0.1) is 0 Å². The van der Waals surface area contributed by atoms with Crippen LogP contribution in [0.5, 0.6) is 0 Å². The maximum absolute atomic E-state index is 11.9. The second-order valence-corrected chi connectivity index (χ2v) is 10.1. The summed E-state index contributed by atoms with van der Waals surface area (Å²) >= 11 is 0. The average Bonchev–Trinajstić information content (AvgIpc) is 2.52. The van der Waals surface area contributed by atoms with Gasteiger partial charge in [0.25, 0.3) is 0 Å². The van der Waals surface area contributed by atoms with Gasteiger partial charge in [-0.2, -0.15) is 0 Å². The molecule has 0 saturated heterocycles. The third-order valence-corrected chi connectivity index (χ3v) is 7.73. The van der Waals surface area contributed by atoms with Crippen molar-refractivity contribution in [2.75, 3.05) is 0 Å². The Morgan fingerprint density at radius 3 is 2.17 bits per heavy atom. The van der Waals surface area contributed by atoms with Crippen LogP contribution in [-0.4, -0.2) is 71.3 Å². The van der Waals surface area contributed by atoms with Crippen molar-refractivity contribution in [3.63, 3.8) is 0 Å². The summed E-state index contributed by atoms with van der Waals surface area (Å²) in [5.74, 6) is -1.25. The number of aliphatic carboxylic acids is 1. The average molecular weight is 828 g/mol. The minimum Gasteiger partial charge on any atom is -2.00 e. The van der Waals surface area contributed by atoms with E-state index in [4.69, 9.17) is 0 Å². The summed E-state index contributed by atoms with van der Waals surface area (Å²) < 4.78 is 35.7. The van der Waals surface area contributed by atoms with Gasteiger partial charge in [-0.05, 0) is 65.7 Å². The van der Waals surface area contributed by atoms with Crippen molar-refractivity contribution >= 4 is 68.5 Å². The first-order chi connectivity index (χ1) is 11.9. The number of hydrogen-bond acceptors (Lipinski definition) is 5. The quantitative estimate of drug-likeness (QED) is 0.334. The number of carbonyl (C=O) groups excluding carboxylic acids is 1. The summed E-state index contributed by atoms with van der Waals surface area (Å²) in [5, 5.41) is 11.9. The van der Waals surface area contributed by atoms with E-state index in [0.29, 0.717) is 18.4 Å². The normalized spacial score (nSPS) is 27.2. The first kappa shape index (κ1) is 32.5. The van der Waals surface area contributed by atoms with E-state index in [-0.39, 0.29) is 80.1 Å². The fourth-order valence-corrected chi connectivity index (χ4v) is 6.27. The van der Waals surface area contributed by atoms with Crippen LogP contribution in [0.1, 0.15) is 76.0 Å². The predicted molar refractivity (Wildman–Crippen MR) is 108 cm³/mol. The number of hydrogen-bond donors (Lipinski definition) is 0. The summed E-state index contributed by atoms with van der Waals surface area (Å²) in [7, 11) is -4.60. The van der Waals surface area contributed by atoms with Crippen LogP contribution in [0.3, 0.4) is 0 Å². The van der Waals surface area contributed by atoms with Crippen LogP contribution in [0.15, 0.2) is 17.0 Å². The molecule has 0 N–H and O–H groups in total. The summed E-state index contributed by atoms with van der Waals surface area (Å²) in [6.45, 7) is 7.52. The molecule has 0 bridgehead atoms. The van der Waals surface area contributed by atoms with Gasteiger partial charge in [-0.1, -0.05) is 40.2 Å². The van der Waals surface area contributed by atoms with Crippen molar-refractivity contribution in [2.45, 2.75) is 76.0 Å². The van der Waals surface area contributed by atoms with E-state index in [9.17, 15) is 22.9 Å². The van der Waals surface area contributed by atoms with Gasteiger partial charge in [0, 0.05) is 11.4 Å². The van der Waals surface area contributed by atoms with Gasteiger partial charge in [-0.25, -0.2) is 8.42 Å². The van der Waals surface area contributed by atoms with Crippen LogP contribution in [-0.2, 0) is 37.7 Å². The van der Waals surface area contributed by atoms with Crippen molar-refractivity contribution in [2.24, 2.45) is 11.3 Å². The third-order valence-electron chi connectivity index (χ3n) is 6.84. The summed E-state index contributed by atoms with van der Waals surface area (Å²) in [4.78, 5) is 11.7. The Bertz CT molecular complexity index is 872. The molecule has 0 aromatic heterocycles. The minimum absolute atomic E-state index is 0. The van der Waals surface area contributed by atoms with E-state index in [1.54, 1.807) is 13.0 Å². The van der Waals surface area contributed by atoms with Crippen LogP contribution in [0, 0.1) is 11.3 Å². The van der Waals surface area contributed by atoms with Crippen molar-refractivity contribution in [3.8, 4) is 0 Å². The van der Waals surface area contributed by atoms with Gasteiger partial charge in [0.05, 0.1) is 4.90 Å². The van der Waals surface area contributed by atoms with Crippen LogP contribution in [0.2, 0.25) is 0 Å². The van der Waals surface area contributed by atoms with E-state index >= 15 is 0 Å². The number of fused-ring (bicyclic) bond motifs is 3. The molecule has 0 spiro atoms. The number of benzene rings is 1. The van der Waals surface area contributed by atoms with Crippen molar-refractivity contribution in [1.29, 1.82) is 0 Å². The zero-order chi connectivity index (χ0) is 19.5. The summed E-state index contributed by atoms with van der Waals surface area (Å²) in [5.41, 5.74) is 1.04. The second kappa shape index (κ2) is 10.9. The number of aryl methyl sites for hydroxylation is 1. The maximum Gasteiger partial charge on any atom is 3.00 e. The molecule has 1 aromatic carbocycles.